The van der Waals surface area contributed by atoms with Gasteiger partial charge in [-0.25, -0.2) is 0 Å². The number of aliphatic hydroxyl groups is 1. The van der Waals surface area contributed by atoms with E-state index in [9.17, 15) is 5.11 Å². The number of hydrogen-bond acceptors (Lipinski definition) is 2. The summed E-state index contributed by atoms with van der Waals surface area (Å²) in [5.41, 5.74) is 0. The normalized spacial score (nSPS) is 51.0. The Balaban J connectivity index is 1.87. The molecule has 0 aromatic carbocycles. The average Bonchev–Trinajstić information content (AvgIpc) is 2.45. The smallest absolute Gasteiger partial charge is 0.0574 e. The van der Waals surface area contributed by atoms with E-state index in [2.05, 4.69) is 6.26 Å². The molecule has 10 heavy (non-hydrogen) atoms. The van der Waals surface area contributed by atoms with Crippen LogP contribution in [-0.2, 0) is 0 Å². The average molecular weight is 158 g/mol. The highest BCUT2D eigenvalue weighted by Gasteiger charge is 2.56. The second kappa shape index (κ2) is 2.42. The Morgan fingerprint density at radius 3 is 2.80 bits per heavy atom. The fourth-order valence-electron chi connectivity index (χ4n) is 2.43. The number of fused-ring (bicyclic) bond motifs is 1. The Labute approximate surface area is 66.2 Å². The van der Waals surface area contributed by atoms with Gasteiger partial charge in [0, 0.05) is 0 Å². The van der Waals surface area contributed by atoms with E-state index in [1.807, 2.05) is 11.8 Å². The monoisotopic (exact) mass is 158 g/mol. The van der Waals surface area contributed by atoms with Crippen molar-refractivity contribution in [2.45, 2.75) is 18.9 Å². The van der Waals surface area contributed by atoms with Crippen molar-refractivity contribution in [1.82, 2.24) is 0 Å². The van der Waals surface area contributed by atoms with Crippen LogP contribution in [0.5, 0.6) is 0 Å². The molecule has 2 aliphatic carbocycles. The maximum atomic E-state index is 9.43. The highest BCUT2D eigenvalue weighted by atomic mass is 32.2. The molecule has 1 unspecified atom stereocenters. The Morgan fingerprint density at radius 2 is 2.30 bits per heavy atom. The molecular weight excluding hydrogens is 144 g/mol. The van der Waals surface area contributed by atoms with Crippen LogP contribution in [0.15, 0.2) is 0 Å². The summed E-state index contributed by atoms with van der Waals surface area (Å²) in [4.78, 5) is 0. The molecule has 2 rings (SSSR count). The zero-order valence-electron chi connectivity index (χ0n) is 6.29. The van der Waals surface area contributed by atoms with Crippen molar-refractivity contribution in [2.75, 3.05) is 12.0 Å². The number of rotatable bonds is 2. The molecule has 58 valence electrons. The van der Waals surface area contributed by atoms with Gasteiger partial charge in [-0.15, -0.1) is 0 Å². The molecule has 0 aromatic rings. The quantitative estimate of drug-likeness (QED) is 0.655. The van der Waals surface area contributed by atoms with Crippen LogP contribution in [-0.4, -0.2) is 23.2 Å². The summed E-state index contributed by atoms with van der Waals surface area (Å²) in [7, 11) is 0. The molecule has 0 radical (unpaired) electrons. The molecule has 0 bridgehead atoms. The first kappa shape index (κ1) is 6.99. The van der Waals surface area contributed by atoms with Gasteiger partial charge in [0.05, 0.1) is 6.10 Å². The minimum Gasteiger partial charge on any atom is -0.393 e. The molecule has 4 atom stereocenters. The molecule has 0 aromatic heterocycles. The number of hydrogen-bond donors (Lipinski definition) is 1. The van der Waals surface area contributed by atoms with Crippen LogP contribution in [0, 0.1) is 17.8 Å². The van der Waals surface area contributed by atoms with Crippen molar-refractivity contribution in [3.8, 4) is 0 Å². The molecule has 2 saturated carbocycles. The highest BCUT2D eigenvalue weighted by Crippen LogP contribution is 2.58. The van der Waals surface area contributed by atoms with Crippen molar-refractivity contribution in [1.29, 1.82) is 0 Å². The van der Waals surface area contributed by atoms with Crippen LogP contribution in [0.2, 0.25) is 0 Å². The fourth-order valence-corrected chi connectivity index (χ4v) is 3.29. The topological polar surface area (TPSA) is 20.2 Å². The largest absolute Gasteiger partial charge is 0.393 e. The minimum absolute atomic E-state index is 0.0575. The Kier molecular flexibility index (Phi) is 1.69. The summed E-state index contributed by atoms with van der Waals surface area (Å²) in [5.74, 6) is 3.75. The minimum atomic E-state index is 0.0575. The third-order valence-corrected chi connectivity index (χ3v) is 3.72. The van der Waals surface area contributed by atoms with Gasteiger partial charge in [-0.05, 0) is 42.6 Å². The van der Waals surface area contributed by atoms with Gasteiger partial charge < -0.3 is 5.11 Å². The Hall–Kier alpha value is 0.310. The van der Waals surface area contributed by atoms with E-state index in [-0.39, 0.29) is 6.10 Å². The first-order valence-corrected chi connectivity index (χ1v) is 5.41. The van der Waals surface area contributed by atoms with Gasteiger partial charge in [0.25, 0.3) is 0 Å². The van der Waals surface area contributed by atoms with Crippen molar-refractivity contribution in [3.05, 3.63) is 0 Å². The number of aliphatic hydroxyl groups excluding tert-OH is 1. The van der Waals surface area contributed by atoms with Gasteiger partial charge in [0.2, 0.25) is 0 Å². The van der Waals surface area contributed by atoms with Gasteiger partial charge in [0.1, 0.15) is 0 Å². The van der Waals surface area contributed by atoms with E-state index < -0.39 is 0 Å². The van der Waals surface area contributed by atoms with Crippen LogP contribution in [0.4, 0.5) is 0 Å². The molecule has 2 heteroatoms. The zero-order chi connectivity index (χ0) is 7.14. The van der Waals surface area contributed by atoms with Crippen LogP contribution in [0.1, 0.15) is 12.8 Å². The Morgan fingerprint density at radius 1 is 1.50 bits per heavy atom. The SMILES string of the molecule is CSC[C@H]1[C@@H]2CCC(O)[C@@H]21. The van der Waals surface area contributed by atoms with Crippen molar-refractivity contribution >= 4 is 11.8 Å². The van der Waals surface area contributed by atoms with E-state index in [0.29, 0.717) is 5.92 Å². The molecule has 2 aliphatic rings. The lowest BCUT2D eigenvalue weighted by Crippen LogP contribution is -2.08. The van der Waals surface area contributed by atoms with Crippen LogP contribution in [0.25, 0.3) is 0 Å². The van der Waals surface area contributed by atoms with Crippen LogP contribution in [0.3, 0.4) is 0 Å². The number of thioether (sulfide) groups is 1. The molecule has 1 N–H and O–H groups in total. The molecule has 0 heterocycles. The molecule has 0 saturated heterocycles. The fraction of sp³-hybridized carbons (Fsp3) is 1.00. The zero-order valence-corrected chi connectivity index (χ0v) is 7.10. The van der Waals surface area contributed by atoms with Gasteiger partial charge >= 0.3 is 0 Å². The van der Waals surface area contributed by atoms with Gasteiger partial charge in [-0.3, -0.25) is 0 Å². The maximum Gasteiger partial charge on any atom is 0.0574 e. The standard InChI is InChI=1S/C8H14OS/c1-10-4-6-5-2-3-7(9)8(5)6/h5-9H,2-4H2,1H3/t5-,6-,7?,8-/m0/s1. The first-order valence-electron chi connectivity index (χ1n) is 4.01. The highest BCUT2D eigenvalue weighted by molar-refractivity contribution is 7.98. The lowest BCUT2D eigenvalue weighted by atomic mass is 10.1. The molecular formula is C8H14OS. The van der Waals surface area contributed by atoms with Crippen LogP contribution >= 0.6 is 11.8 Å². The molecule has 0 spiro atoms. The predicted molar refractivity (Wildman–Crippen MR) is 44.1 cm³/mol. The molecule has 2 fully saturated rings. The lowest BCUT2D eigenvalue weighted by Gasteiger charge is -2.05. The van der Waals surface area contributed by atoms with E-state index in [0.717, 1.165) is 18.3 Å². The first-order chi connectivity index (χ1) is 4.84. The summed E-state index contributed by atoms with van der Waals surface area (Å²) < 4.78 is 0. The third-order valence-electron chi connectivity index (χ3n) is 3.00. The van der Waals surface area contributed by atoms with Crippen molar-refractivity contribution in [3.63, 3.8) is 0 Å². The Bertz CT molecular complexity index is 137. The van der Waals surface area contributed by atoms with E-state index in [1.165, 1.54) is 12.2 Å². The molecule has 0 amide bonds. The van der Waals surface area contributed by atoms with Crippen molar-refractivity contribution < 1.29 is 5.11 Å². The van der Waals surface area contributed by atoms with Crippen molar-refractivity contribution in [2.24, 2.45) is 17.8 Å². The van der Waals surface area contributed by atoms with Crippen LogP contribution < -0.4 is 0 Å². The molecule has 0 aliphatic heterocycles. The van der Waals surface area contributed by atoms with E-state index >= 15 is 0 Å². The summed E-state index contributed by atoms with van der Waals surface area (Å²) >= 11 is 1.92. The van der Waals surface area contributed by atoms with Gasteiger partial charge in [-0.1, -0.05) is 0 Å². The second-order valence-corrected chi connectivity index (χ2v) is 4.42. The van der Waals surface area contributed by atoms with Gasteiger partial charge in [-0.2, -0.15) is 11.8 Å². The summed E-state index contributed by atoms with van der Waals surface area (Å²) in [6.45, 7) is 0. The maximum absolute atomic E-state index is 9.43. The summed E-state index contributed by atoms with van der Waals surface area (Å²) in [6.07, 6.45) is 4.57. The van der Waals surface area contributed by atoms with E-state index in [4.69, 9.17) is 0 Å². The third kappa shape index (κ3) is 0.892. The summed E-state index contributed by atoms with van der Waals surface area (Å²) in [6, 6.07) is 0. The molecule has 1 nitrogen and oxygen atoms in total. The van der Waals surface area contributed by atoms with E-state index in [1.54, 1.807) is 0 Å². The predicted octanol–water partition coefficient (Wildman–Crippen LogP) is 1.37. The lowest BCUT2D eigenvalue weighted by molar-refractivity contribution is 0.152. The second-order valence-electron chi connectivity index (χ2n) is 3.51. The summed E-state index contributed by atoms with van der Waals surface area (Å²) in [5, 5.41) is 9.43. The van der Waals surface area contributed by atoms with Gasteiger partial charge in [0.15, 0.2) is 0 Å².